The van der Waals surface area contributed by atoms with E-state index in [4.69, 9.17) is 18.9 Å². The highest BCUT2D eigenvalue weighted by atomic mass is 16.7. The van der Waals surface area contributed by atoms with Crippen molar-refractivity contribution in [2.24, 2.45) is 0 Å². The Bertz CT molecular complexity index is 1260. The highest BCUT2D eigenvalue weighted by Crippen LogP contribution is 2.43. The normalized spacial score (nSPS) is 11.4. The molecule has 0 saturated heterocycles. The van der Waals surface area contributed by atoms with Crippen LogP contribution in [0.4, 0.5) is 9.59 Å². The van der Waals surface area contributed by atoms with Crippen LogP contribution in [0.2, 0.25) is 0 Å². The minimum atomic E-state index is -0.833. The second kappa shape index (κ2) is 14.7. The maximum Gasteiger partial charge on any atom is 0.518 e. The molecule has 0 aromatic heterocycles. The van der Waals surface area contributed by atoms with E-state index < -0.39 is 12.3 Å². The Kier molecular flexibility index (Phi) is 11.0. The standard InChI is InChI=1S/C31H36O6/c1-4-6-8-10-14-20-34-30(32)36-28-24-16-12-13-17-25(24)29(27-22-23(3)18-19-26(27)28)37-31(33)35-21-15-11-9-7-5-2/h12-22H,4-11H2,1-3H3/b20-14+,21-15+. The zero-order valence-corrected chi connectivity index (χ0v) is 22.0. The molecule has 6 heteroatoms. The molecular formula is C31H36O6. The van der Waals surface area contributed by atoms with Gasteiger partial charge in [0.05, 0.1) is 12.5 Å². The van der Waals surface area contributed by atoms with E-state index in [9.17, 15) is 9.59 Å². The fourth-order valence-corrected chi connectivity index (χ4v) is 4.02. The molecule has 0 atom stereocenters. The molecule has 0 saturated carbocycles. The zero-order valence-electron chi connectivity index (χ0n) is 22.0. The molecule has 3 aromatic rings. The Morgan fingerprint density at radius 2 is 1.16 bits per heavy atom. The molecule has 0 radical (unpaired) electrons. The third kappa shape index (κ3) is 8.10. The lowest BCUT2D eigenvalue weighted by atomic mass is 9.99. The van der Waals surface area contributed by atoms with Crippen molar-refractivity contribution in [2.75, 3.05) is 0 Å². The van der Waals surface area contributed by atoms with Crippen molar-refractivity contribution in [1.82, 2.24) is 0 Å². The first-order valence-electron chi connectivity index (χ1n) is 13.1. The minimum Gasteiger partial charge on any atom is -0.403 e. The Labute approximate surface area is 218 Å². The largest absolute Gasteiger partial charge is 0.518 e. The van der Waals surface area contributed by atoms with E-state index >= 15 is 0 Å². The summed E-state index contributed by atoms with van der Waals surface area (Å²) in [5.74, 6) is 0.682. The molecule has 0 unspecified atom stereocenters. The smallest absolute Gasteiger partial charge is 0.403 e. The van der Waals surface area contributed by atoms with Gasteiger partial charge in [-0.05, 0) is 50.8 Å². The van der Waals surface area contributed by atoms with Gasteiger partial charge in [0.1, 0.15) is 11.5 Å². The minimum absolute atomic E-state index is 0.339. The average Bonchev–Trinajstić information content (AvgIpc) is 2.90. The molecule has 0 aliphatic heterocycles. The van der Waals surface area contributed by atoms with Crippen molar-refractivity contribution in [3.8, 4) is 11.5 Å². The van der Waals surface area contributed by atoms with Crippen LogP contribution in [0.3, 0.4) is 0 Å². The number of unbranched alkanes of at least 4 members (excludes halogenated alkanes) is 6. The van der Waals surface area contributed by atoms with Crippen molar-refractivity contribution in [3.05, 3.63) is 72.7 Å². The van der Waals surface area contributed by atoms with E-state index in [2.05, 4.69) is 13.8 Å². The number of hydrogen-bond donors (Lipinski definition) is 0. The van der Waals surface area contributed by atoms with Gasteiger partial charge in [0.2, 0.25) is 0 Å². The summed E-state index contributed by atoms with van der Waals surface area (Å²) >= 11 is 0. The van der Waals surface area contributed by atoms with E-state index in [0.717, 1.165) is 56.9 Å². The van der Waals surface area contributed by atoms with E-state index in [1.165, 1.54) is 12.5 Å². The number of rotatable bonds is 12. The first-order chi connectivity index (χ1) is 18.0. The van der Waals surface area contributed by atoms with Gasteiger partial charge in [-0.2, -0.15) is 0 Å². The highest BCUT2D eigenvalue weighted by Gasteiger charge is 2.21. The first kappa shape index (κ1) is 27.8. The van der Waals surface area contributed by atoms with Crippen molar-refractivity contribution in [3.63, 3.8) is 0 Å². The summed E-state index contributed by atoms with van der Waals surface area (Å²) in [5.41, 5.74) is 0.959. The summed E-state index contributed by atoms with van der Waals surface area (Å²) in [5, 5.41) is 2.47. The summed E-state index contributed by atoms with van der Waals surface area (Å²) in [6.07, 6.45) is 13.0. The van der Waals surface area contributed by atoms with Crippen LogP contribution >= 0.6 is 0 Å². The monoisotopic (exact) mass is 504 g/mol. The van der Waals surface area contributed by atoms with Crippen LogP contribution < -0.4 is 9.47 Å². The van der Waals surface area contributed by atoms with Gasteiger partial charge in [0, 0.05) is 21.5 Å². The number of aryl methyl sites for hydroxylation is 1. The third-order valence-corrected chi connectivity index (χ3v) is 5.92. The fraction of sp³-hybridized carbons (Fsp3) is 0.355. The van der Waals surface area contributed by atoms with Crippen LogP contribution in [0.1, 0.15) is 70.8 Å². The van der Waals surface area contributed by atoms with Crippen molar-refractivity contribution < 1.29 is 28.5 Å². The Morgan fingerprint density at radius 3 is 1.68 bits per heavy atom. The maximum atomic E-state index is 12.5. The summed E-state index contributed by atoms with van der Waals surface area (Å²) in [4.78, 5) is 25.1. The maximum absolute atomic E-state index is 12.5. The molecular weight excluding hydrogens is 468 g/mol. The molecule has 37 heavy (non-hydrogen) atoms. The molecule has 0 amide bonds. The molecule has 0 bridgehead atoms. The van der Waals surface area contributed by atoms with Gasteiger partial charge in [-0.1, -0.05) is 81.5 Å². The van der Waals surface area contributed by atoms with Crippen LogP contribution in [0.15, 0.2) is 67.1 Å². The third-order valence-electron chi connectivity index (χ3n) is 5.92. The molecule has 3 rings (SSSR count). The Hall–Kier alpha value is -3.80. The molecule has 6 nitrogen and oxygen atoms in total. The number of benzene rings is 3. The van der Waals surface area contributed by atoms with Crippen molar-refractivity contribution >= 4 is 33.9 Å². The van der Waals surface area contributed by atoms with Crippen LogP contribution in [0.5, 0.6) is 11.5 Å². The number of carbonyl (C=O) groups excluding carboxylic acids is 2. The predicted octanol–water partition coefficient (Wildman–Crippen LogP) is 9.52. The van der Waals surface area contributed by atoms with Crippen molar-refractivity contribution in [1.29, 1.82) is 0 Å². The van der Waals surface area contributed by atoms with E-state index in [-0.39, 0.29) is 0 Å². The summed E-state index contributed by atoms with van der Waals surface area (Å²) in [6, 6.07) is 12.9. The number of carbonyl (C=O) groups is 2. The molecule has 3 aromatic carbocycles. The number of hydrogen-bond acceptors (Lipinski definition) is 6. The van der Waals surface area contributed by atoms with Gasteiger partial charge in [-0.25, -0.2) is 9.59 Å². The van der Waals surface area contributed by atoms with Gasteiger partial charge in [-0.3, -0.25) is 0 Å². The van der Waals surface area contributed by atoms with Gasteiger partial charge >= 0.3 is 12.3 Å². The predicted molar refractivity (Wildman–Crippen MR) is 147 cm³/mol. The van der Waals surface area contributed by atoms with E-state index in [0.29, 0.717) is 33.0 Å². The first-order valence-corrected chi connectivity index (χ1v) is 13.1. The second-order valence-electron chi connectivity index (χ2n) is 8.93. The molecule has 0 N–H and O–H groups in total. The lowest BCUT2D eigenvalue weighted by Crippen LogP contribution is -2.10. The van der Waals surface area contributed by atoms with E-state index in [1.54, 1.807) is 0 Å². The van der Waals surface area contributed by atoms with E-state index in [1.807, 2.05) is 61.5 Å². The zero-order chi connectivity index (χ0) is 26.5. The molecule has 0 aliphatic carbocycles. The molecule has 196 valence electrons. The number of fused-ring (bicyclic) bond motifs is 2. The van der Waals surface area contributed by atoms with Crippen LogP contribution in [0, 0.1) is 6.92 Å². The lowest BCUT2D eigenvalue weighted by Gasteiger charge is -2.16. The Morgan fingerprint density at radius 1 is 0.676 bits per heavy atom. The summed E-state index contributed by atoms with van der Waals surface area (Å²) in [6.45, 7) is 6.22. The van der Waals surface area contributed by atoms with Crippen molar-refractivity contribution in [2.45, 2.75) is 72.1 Å². The van der Waals surface area contributed by atoms with Crippen LogP contribution in [-0.4, -0.2) is 12.3 Å². The molecule has 0 aliphatic rings. The molecule has 0 spiro atoms. The number of ether oxygens (including phenoxy) is 4. The SMILES string of the molecule is CCCCC/C=C/OC(=O)Oc1c2ccccc2c(OC(=O)O/C=C/CCCCC)c2cc(C)ccc12. The summed E-state index contributed by atoms with van der Waals surface area (Å²) in [7, 11) is 0. The summed E-state index contributed by atoms with van der Waals surface area (Å²) < 4.78 is 21.7. The van der Waals surface area contributed by atoms with Crippen LogP contribution in [-0.2, 0) is 9.47 Å². The lowest BCUT2D eigenvalue weighted by molar-refractivity contribution is 0.134. The van der Waals surface area contributed by atoms with Gasteiger partial charge in [0.25, 0.3) is 0 Å². The van der Waals surface area contributed by atoms with Crippen LogP contribution in [0.25, 0.3) is 21.5 Å². The quantitative estimate of drug-likeness (QED) is 0.0804. The topological polar surface area (TPSA) is 71.1 Å². The number of allylic oxidation sites excluding steroid dienone is 2. The average molecular weight is 505 g/mol. The highest BCUT2D eigenvalue weighted by molar-refractivity contribution is 6.12. The second-order valence-corrected chi connectivity index (χ2v) is 8.93. The fourth-order valence-electron chi connectivity index (χ4n) is 4.02. The molecule has 0 fully saturated rings. The van der Waals surface area contributed by atoms with Gasteiger partial charge in [-0.15, -0.1) is 0 Å². The molecule has 0 heterocycles. The van der Waals surface area contributed by atoms with Gasteiger partial charge < -0.3 is 18.9 Å². The Balaban J connectivity index is 1.87. The van der Waals surface area contributed by atoms with Gasteiger partial charge in [0.15, 0.2) is 0 Å².